The van der Waals surface area contributed by atoms with Crippen molar-refractivity contribution >= 4 is 17.5 Å². The van der Waals surface area contributed by atoms with Gasteiger partial charge in [-0.2, -0.15) is 0 Å². The van der Waals surface area contributed by atoms with Crippen molar-refractivity contribution in [2.45, 2.75) is 64.9 Å². The van der Waals surface area contributed by atoms with E-state index < -0.39 is 0 Å². The molecular formula is C36H38N2O. The number of hydrogen-bond acceptors (Lipinski definition) is 2. The van der Waals surface area contributed by atoms with Gasteiger partial charge in [0.15, 0.2) is 0 Å². The van der Waals surface area contributed by atoms with E-state index >= 15 is 0 Å². The van der Waals surface area contributed by atoms with E-state index in [1.807, 2.05) is 6.07 Å². The van der Waals surface area contributed by atoms with Crippen LogP contribution in [-0.4, -0.2) is 10.3 Å². The van der Waals surface area contributed by atoms with Crippen LogP contribution in [0.3, 0.4) is 0 Å². The van der Waals surface area contributed by atoms with E-state index in [4.69, 9.17) is 10.1 Å². The van der Waals surface area contributed by atoms with E-state index in [2.05, 4.69) is 104 Å². The van der Waals surface area contributed by atoms with Crippen molar-refractivity contribution in [1.29, 1.82) is 5.41 Å². The molecule has 2 atom stereocenters. The first-order valence-corrected chi connectivity index (χ1v) is 14.5. The minimum Gasteiger partial charge on any atom is -0.487 e. The monoisotopic (exact) mass is 514 g/mol. The van der Waals surface area contributed by atoms with Gasteiger partial charge in [-0.1, -0.05) is 93.1 Å². The minimum absolute atomic E-state index is 0.384. The van der Waals surface area contributed by atoms with Crippen LogP contribution in [0.25, 0.3) is 11.8 Å². The van der Waals surface area contributed by atoms with Gasteiger partial charge in [-0.25, -0.2) is 0 Å². The molecule has 198 valence electrons. The number of benzene rings is 3. The largest absolute Gasteiger partial charge is 0.487 e. The Balaban J connectivity index is 1.45. The topological polar surface area (TPSA) is 38.0 Å². The van der Waals surface area contributed by atoms with E-state index in [-0.39, 0.29) is 0 Å². The Labute approximate surface area is 231 Å². The van der Waals surface area contributed by atoms with Gasteiger partial charge in [0.1, 0.15) is 12.4 Å². The number of aromatic nitrogens is 1. The van der Waals surface area contributed by atoms with Crippen molar-refractivity contribution in [2.24, 2.45) is 5.92 Å². The van der Waals surface area contributed by atoms with Gasteiger partial charge in [0.05, 0.1) is 6.20 Å². The Morgan fingerprint density at radius 1 is 0.923 bits per heavy atom. The second-order valence-corrected chi connectivity index (χ2v) is 11.1. The third-order valence-electron chi connectivity index (χ3n) is 8.44. The summed E-state index contributed by atoms with van der Waals surface area (Å²) in [6.45, 7) is 5.08. The van der Waals surface area contributed by atoms with Crippen LogP contribution in [-0.2, 0) is 13.0 Å². The predicted molar refractivity (Wildman–Crippen MR) is 160 cm³/mol. The maximum Gasteiger partial charge on any atom is 0.137 e. The predicted octanol–water partition coefficient (Wildman–Crippen LogP) is 7.07. The van der Waals surface area contributed by atoms with Crippen LogP contribution in [0.5, 0.6) is 5.75 Å². The molecule has 0 saturated heterocycles. The first kappa shape index (κ1) is 25.4. The first-order chi connectivity index (χ1) is 19.1. The summed E-state index contributed by atoms with van der Waals surface area (Å²) < 4.78 is 8.50. The zero-order valence-electron chi connectivity index (χ0n) is 23.1. The Kier molecular flexibility index (Phi) is 7.24. The maximum atomic E-state index is 8.44. The molecule has 2 aliphatic rings. The molecule has 3 aromatic carbocycles. The maximum absolute atomic E-state index is 8.44. The highest BCUT2D eigenvalue weighted by Crippen LogP contribution is 2.34. The van der Waals surface area contributed by atoms with E-state index in [0.717, 1.165) is 50.0 Å². The molecule has 0 bridgehead atoms. The van der Waals surface area contributed by atoms with Gasteiger partial charge >= 0.3 is 0 Å². The third-order valence-corrected chi connectivity index (χ3v) is 8.44. The highest BCUT2D eigenvalue weighted by Gasteiger charge is 2.26. The van der Waals surface area contributed by atoms with Gasteiger partial charge in [0, 0.05) is 29.4 Å². The summed E-state index contributed by atoms with van der Waals surface area (Å²) in [7, 11) is 0. The van der Waals surface area contributed by atoms with Gasteiger partial charge in [-0.15, -0.1) is 0 Å². The fourth-order valence-corrected chi connectivity index (χ4v) is 6.60. The van der Waals surface area contributed by atoms with Gasteiger partial charge < -0.3 is 14.7 Å². The molecule has 0 fully saturated rings. The lowest BCUT2D eigenvalue weighted by Crippen LogP contribution is -2.30. The average Bonchev–Trinajstić information content (AvgIpc) is 3.43. The second kappa shape index (κ2) is 11.1. The second-order valence-electron chi connectivity index (χ2n) is 11.1. The van der Waals surface area contributed by atoms with Crippen molar-refractivity contribution in [3.63, 3.8) is 0 Å². The summed E-state index contributed by atoms with van der Waals surface area (Å²) in [6, 6.07) is 26.0. The molecule has 2 unspecified atom stereocenters. The molecule has 1 heterocycles. The number of nitrogens with zero attached hydrogens (tertiary/aromatic N) is 1. The summed E-state index contributed by atoms with van der Waals surface area (Å²) in [5.41, 5.74) is 6.41. The summed E-state index contributed by atoms with van der Waals surface area (Å²) in [4.78, 5) is 0. The molecule has 39 heavy (non-hydrogen) atoms. The van der Waals surface area contributed by atoms with Crippen molar-refractivity contribution in [3.05, 3.63) is 123 Å². The van der Waals surface area contributed by atoms with Crippen molar-refractivity contribution in [2.75, 3.05) is 0 Å². The molecule has 0 saturated carbocycles. The molecule has 4 aromatic rings. The molecule has 0 amide bonds. The van der Waals surface area contributed by atoms with Crippen molar-refractivity contribution < 1.29 is 4.74 Å². The molecular weight excluding hydrogens is 476 g/mol. The zero-order chi connectivity index (χ0) is 26.8. The average molecular weight is 515 g/mol. The normalized spacial score (nSPS) is 17.5. The molecule has 3 heteroatoms. The van der Waals surface area contributed by atoms with Crippen LogP contribution >= 0.6 is 0 Å². The number of ether oxygens (including phenoxy) is 1. The van der Waals surface area contributed by atoms with E-state index in [0.29, 0.717) is 18.4 Å². The number of rotatable bonds is 9. The Morgan fingerprint density at radius 2 is 1.72 bits per heavy atom. The highest BCUT2D eigenvalue weighted by molar-refractivity contribution is 5.81. The van der Waals surface area contributed by atoms with Gasteiger partial charge in [0.25, 0.3) is 0 Å². The molecule has 2 aliphatic carbocycles. The fraction of sp³-hybridized carbons (Fsp3) is 0.306. The van der Waals surface area contributed by atoms with Crippen LogP contribution in [0.2, 0.25) is 0 Å². The van der Waals surface area contributed by atoms with Gasteiger partial charge in [-0.3, -0.25) is 0 Å². The molecule has 1 N–H and O–H groups in total. The number of hydrogen-bond donors (Lipinski definition) is 1. The molecule has 0 radical (unpaired) electrons. The van der Waals surface area contributed by atoms with Gasteiger partial charge in [-0.05, 0) is 75.7 Å². The Hall–Kier alpha value is -3.85. The lowest BCUT2D eigenvalue weighted by Gasteiger charge is -2.30. The molecule has 0 aliphatic heterocycles. The lowest BCUT2D eigenvalue weighted by atomic mass is 9.78. The van der Waals surface area contributed by atoms with Gasteiger partial charge in [0.2, 0.25) is 0 Å². The van der Waals surface area contributed by atoms with E-state index in [1.165, 1.54) is 43.3 Å². The first-order valence-electron chi connectivity index (χ1n) is 14.5. The third kappa shape index (κ3) is 5.11. The van der Waals surface area contributed by atoms with Crippen LogP contribution in [0.15, 0.2) is 85.2 Å². The zero-order valence-corrected chi connectivity index (χ0v) is 23.1. The quantitative estimate of drug-likeness (QED) is 0.238. The van der Waals surface area contributed by atoms with E-state index in [1.54, 1.807) is 0 Å². The fourth-order valence-electron chi connectivity index (χ4n) is 6.60. The lowest BCUT2D eigenvalue weighted by molar-refractivity contribution is 0.306. The minimum atomic E-state index is 0.384. The summed E-state index contributed by atoms with van der Waals surface area (Å²) >= 11 is 0. The van der Waals surface area contributed by atoms with Crippen LogP contribution in [0.4, 0.5) is 0 Å². The van der Waals surface area contributed by atoms with Crippen LogP contribution < -0.4 is 15.2 Å². The number of fused-ring (bicyclic) bond motifs is 4. The summed E-state index contributed by atoms with van der Waals surface area (Å²) in [6.07, 6.45) is 12.8. The summed E-state index contributed by atoms with van der Waals surface area (Å²) in [5.74, 6) is 1.69. The van der Waals surface area contributed by atoms with E-state index in [9.17, 15) is 0 Å². The standard InChI is InChI=1S/C36H38N2O/c1-3-9-29(37)16-14-27-15-17-33-34(19-18-32-31-13-8-7-12-28(31)22-25(2)35(32)33)36(27)38-21-20-30(23-38)39-24-26-10-5-4-6-11-26/h4-8,10-13,18-23,25,27,37H,3,9,14-17,24H2,1-2H3. The molecule has 3 nitrogen and oxygen atoms in total. The molecule has 0 spiro atoms. The number of nitrogens with one attached hydrogen (secondary N) is 1. The SMILES string of the molecule is CCCC(=N)CCC1CCc2c3c(ccc2=C1n1ccc(OCc2ccccc2)c1)=c1ccccc1=CC3C. The summed E-state index contributed by atoms with van der Waals surface area (Å²) in [5, 5.41) is 13.9. The van der Waals surface area contributed by atoms with Crippen LogP contribution in [0, 0.1) is 21.8 Å². The highest BCUT2D eigenvalue weighted by atomic mass is 16.5. The van der Waals surface area contributed by atoms with Crippen LogP contribution in [0.1, 0.15) is 68.6 Å². The Bertz CT molecular complexity index is 1710. The smallest absolute Gasteiger partial charge is 0.137 e. The van der Waals surface area contributed by atoms with Crippen molar-refractivity contribution in [3.8, 4) is 5.75 Å². The molecule has 6 rings (SSSR count). The molecule has 1 aromatic heterocycles. The van der Waals surface area contributed by atoms with Crippen molar-refractivity contribution in [1.82, 2.24) is 4.57 Å². The Morgan fingerprint density at radius 3 is 2.56 bits per heavy atom.